The van der Waals surface area contributed by atoms with Gasteiger partial charge in [0.15, 0.2) is 0 Å². The Labute approximate surface area is 81.1 Å². The highest BCUT2D eigenvalue weighted by molar-refractivity contribution is 6.32. The number of aromatic carboxylic acids is 1. The van der Waals surface area contributed by atoms with Crippen LogP contribution in [0.15, 0.2) is 0 Å². The molecule has 0 saturated carbocycles. The van der Waals surface area contributed by atoms with Crippen LogP contribution in [0.4, 0.5) is 0 Å². The lowest BCUT2D eigenvalue weighted by Crippen LogP contribution is -1.99. The molecule has 0 spiro atoms. The first kappa shape index (κ1) is 10.1. The summed E-state index contributed by atoms with van der Waals surface area (Å²) >= 11 is 5.82. The number of rotatable bonds is 3. The zero-order valence-corrected chi connectivity index (χ0v) is 8.30. The van der Waals surface area contributed by atoms with E-state index in [0.717, 1.165) is 0 Å². The van der Waals surface area contributed by atoms with Gasteiger partial charge in [0, 0.05) is 6.54 Å². The Balaban J connectivity index is 3.28. The molecule has 1 rings (SSSR count). The zero-order chi connectivity index (χ0) is 10.0. The molecule has 0 aromatic carbocycles. The van der Waals surface area contributed by atoms with Gasteiger partial charge in [-0.2, -0.15) is 5.10 Å². The van der Waals surface area contributed by atoms with Crippen molar-refractivity contribution in [3.8, 4) is 0 Å². The number of aryl methyl sites for hydroxylation is 2. The molecule has 0 aliphatic carbocycles. The van der Waals surface area contributed by atoms with E-state index in [1.165, 1.54) is 4.68 Å². The molecule has 5 heteroatoms. The molecule has 1 aromatic heterocycles. The second-order valence-electron chi connectivity index (χ2n) is 2.59. The zero-order valence-electron chi connectivity index (χ0n) is 7.54. The van der Waals surface area contributed by atoms with Gasteiger partial charge in [0.05, 0.1) is 5.69 Å². The maximum Gasteiger partial charge on any atom is 0.340 e. The fourth-order valence-corrected chi connectivity index (χ4v) is 1.50. The summed E-state index contributed by atoms with van der Waals surface area (Å²) in [6.07, 6.45) is 0.578. The normalized spacial score (nSPS) is 10.4. The van der Waals surface area contributed by atoms with Gasteiger partial charge in [-0.1, -0.05) is 18.5 Å². The van der Waals surface area contributed by atoms with E-state index in [2.05, 4.69) is 5.10 Å². The molecule has 1 N–H and O–H groups in total. The lowest BCUT2D eigenvalue weighted by Gasteiger charge is -1.95. The quantitative estimate of drug-likeness (QED) is 0.814. The molecule has 0 fully saturated rings. The fraction of sp³-hybridized carbons (Fsp3) is 0.500. The summed E-state index contributed by atoms with van der Waals surface area (Å²) in [5.74, 6) is -1.01. The highest BCUT2D eigenvalue weighted by atomic mass is 35.5. The number of carboxylic acid groups (broad SMARTS) is 1. The van der Waals surface area contributed by atoms with Crippen LogP contribution in [0.25, 0.3) is 0 Å². The van der Waals surface area contributed by atoms with Crippen molar-refractivity contribution in [2.24, 2.45) is 0 Å². The molecule has 0 bridgehead atoms. The minimum absolute atomic E-state index is 0.131. The van der Waals surface area contributed by atoms with Gasteiger partial charge in [0.2, 0.25) is 0 Å². The Kier molecular flexibility index (Phi) is 2.93. The van der Waals surface area contributed by atoms with Gasteiger partial charge in [-0.05, 0) is 13.3 Å². The third-order valence-corrected chi connectivity index (χ3v) is 2.20. The summed E-state index contributed by atoms with van der Waals surface area (Å²) in [4.78, 5) is 10.8. The van der Waals surface area contributed by atoms with Crippen molar-refractivity contribution in [1.29, 1.82) is 0 Å². The molecule has 0 aliphatic heterocycles. The maximum absolute atomic E-state index is 10.8. The Morgan fingerprint density at radius 2 is 2.23 bits per heavy atom. The smallest absolute Gasteiger partial charge is 0.340 e. The summed E-state index contributed by atoms with van der Waals surface area (Å²) < 4.78 is 1.49. The van der Waals surface area contributed by atoms with E-state index in [-0.39, 0.29) is 10.7 Å². The van der Waals surface area contributed by atoms with Crippen LogP contribution in [0.3, 0.4) is 0 Å². The minimum Gasteiger partial charge on any atom is -0.478 e. The largest absolute Gasteiger partial charge is 0.478 e. The second-order valence-corrected chi connectivity index (χ2v) is 2.94. The lowest BCUT2D eigenvalue weighted by molar-refractivity contribution is 0.0696. The summed E-state index contributed by atoms with van der Waals surface area (Å²) in [5, 5.41) is 13.1. The average molecular weight is 203 g/mol. The van der Waals surface area contributed by atoms with Gasteiger partial charge in [-0.15, -0.1) is 0 Å². The van der Waals surface area contributed by atoms with Crippen molar-refractivity contribution in [2.75, 3.05) is 0 Å². The highest BCUT2D eigenvalue weighted by Gasteiger charge is 2.19. The van der Waals surface area contributed by atoms with Gasteiger partial charge < -0.3 is 5.11 Å². The number of aromatic nitrogens is 2. The summed E-state index contributed by atoms with van der Waals surface area (Å²) in [6.45, 7) is 4.30. The van der Waals surface area contributed by atoms with Crippen LogP contribution < -0.4 is 0 Å². The molecule has 4 nitrogen and oxygen atoms in total. The Bertz CT molecular complexity index is 333. The lowest BCUT2D eigenvalue weighted by atomic mass is 10.2. The Morgan fingerprint density at radius 1 is 1.62 bits per heavy atom. The molecule has 0 amide bonds. The van der Waals surface area contributed by atoms with E-state index < -0.39 is 5.97 Å². The summed E-state index contributed by atoms with van der Waals surface area (Å²) in [5.41, 5.74) is 0.672. The predicted octanol–water partition coefficient (Wildman–Crippen LogP) is 1.82. The monoisotopic (exact) mass is 202 g/mol. The Morgan fingerprint density at radius 3 is 2.54 bits per heavy atom. The molecule has 0 aliphatic rings. The SMILES string of the molecule is CCc1nn(CC)c(Cl)c1C(=O)O. The molecular formula is C8H11ClN2O2. The standard InChI is InChI=1S/C8H11ClN2O2/c1-3-5-6(8(12)13)7(9)11(4-2)10-5/h3-4H2,1-2H3,(H,12,13). The number of carbonyl (C=O) groups is 1. The molecule has 1 heterocycles. The fourth-order valence-electron chi connectivity index (χ4n) is 1.16. The first-order valence-corrected chi connectivity index (χ1v) is 4.48. The van der Waals surface area contributed by atoms with Gasteiger partial charge >= 0.3 is 5.97 Å². The van der Waals surface area contributed by atoms with Gasteiger partial charge in [-0.25, -0.2) is 4.79 Å². The van der Waals surface area contributed by atoms with Crippen molar-refractivity contribution >= 4 is 17.6 Å². The molecule has 0 saturated heterocycles. The molecule has 0 unspecified atom stereocenters. The van der Waals surface area contributed by atoms with Crippen molar-refractivity contribution in [1.82, 2.24) is 9.78 Å². The predicted molar refractivity (Wildman–Crippen MR) is 49.2 cm³/mol. The highest BCUT2D eigenvalue weighted by Crippen LogP contribution is 2.20. The minimum atomic E-state index is -1.01. The topological polar surface area (TPSA) is 55.1 Å². The number of hydrogen-bond donors (Lipinski definition) is 1. The maximum atomic E-state index is 10.8. The van der Waals surface area contributed by atoms with E-state index in [1.807, 2.05) is 13.8 Å². The number of carboxylic acids is 1. The molecule has 0 atom stereocenters. The number of halogens is 1. The van der Waals surface area contributed by atoms with E-state index >= 15 is 0 Å². The van der Waals surface area contributed by atoms with Gasteiger partial charge in [0.1, 0.15) is 10.7 Å². The first-order valence-electron chi connectivity index (χ1n) is 4.10. The number of hydrogen-bond acceptors (Lipinski definition) is 2. The van der Waals surface area contributed by atoms with Crippen molar-refractivity contribution in [3.05, 3.63) is 16.4 Å². The van der Waals surface area contributed by atoms with Gasteiger partial charge in [-0.3, -0.25) is 4.68 Å². The molecule has 13 heavy (non-hydrogen) atoms. The van der Waals surface area contributed by atoms with Crippen LogP contribution in [0.5, 0.6) is 0 Å². The molecule has 72 valence electrons. The van der Waals surface area contributed by atoms with Crippen molar-refractivity contribution < 1.29 is 9.90 Å². The van der Waals surface area contributed by atoms with E-state index in [9.17, 15) is 4.79 Å². The van der Waals surface area contributed by atoms with Crippen LogP contribution in [0.1, 0.15) is 29.9 Å². The van der Waals surface area contributed by atoms with Crippen LogP contribution in [0, 0.1) is 0 Å². The van der Waals surface area contributed by atoms with Crippen LogP contribution >= 0.6 is 11.6 Å². The van der Waals surface area contributed by atoms with Crippen LogP contribution in [-0.2, 0) is 13.0 Å². The summed E-state index contributed by atoms with van der Waals surface area (Å²) in [7, 11) is 0. The number of nitrogens with zero attached hydrogens (tertiary/aromatic N) is 2. The molecular weight excluding hydrogens is 192 g/mol. The van der Waals surface area contributed by atoms with Crippen molar-refractivity contribution in [3.63, 3.8) is 0 Å². The average Bonchev–Trinajstić information content (AvgIpc) is 2.41. The van der Waals surface area contributed by atoms with Crippen LogP contribution in [-0.4, -0.2) is 20.9 Å². The van der Waals surface area contributed by atoms with Crippen LogP contribution in [0.2, 0.25) is 5.15 Å². The van der Waals surface area contributed by atoms with E-state index in [1.54, 1.807) is 0 Å². The van der Waals surface area contributed by atoms with Gasteiger partial charge in [0.25, 0.3) is 0 Å². The Hall–Kier alpha value is -1.03. The third kappa shape index (κ3) is 1.67. The second kappa shape index (κ2) is 3.79. The first-order chi connectivity index (χ1) is 6.11. The van der Waals surface area contributed by atoms with E-state index in [4.69, 9.17) is 16.7 Å². The summed E-state index contributed by atoms with van der Waals surface area (Å²) in [6, 6.07) is 0. The van der Waals surface area contributed by atoms with Crippen molar-refractivity contribution in [2.45, 2.75) is 26.8 Å². The third-order valence-electron chi connectivity index (χ3n) is 1.81. The molecule has 1 aromatic rings. The van der Waals surface area contributed by atoms with E-state index in [0.29, 0.717) is 18.7 Å². The molecule has 0 radical (unpaired) electrons.